The molecule has 0 radical (unpaired) electrons. The fourth-order valence-corrected chi connectivity index (χ4v) is 4.34. The molecule has 0 saturated carbocycles. The van der Waals surface area contributed by atoms with E-state index in [4.69, 9.17) is 9.47 Å². The molecule has 0 spiro atoms. The van der Waals surface area contributed by atoms with Crippen LogP contribution in [0, 0.1) is 0 Å². The third-order valence-electron chi connectivity index (χ3n) is 5.72. The maximum atomic E-state index is 13.5. The van der Waals surface area contributed by atoms with Gasteiger partial charge in [0.25, 0.3) is 0 Å². The van der Waals surface area contributed by atoms with Crippen LogP contribution < -0.4 is 4.74 Å². The van der Waals surface area contributed by atoms with Crippen molar-refractivity contribution in [1.82, 2.24) is 9.80 Å². The van der Waals surface area contributed by atoms with E-state index in [-0.39, 0.29) is 24.1 Å². The SMILES string of the molecule is CCN1C(=O)CC[C@H](N(Cc2ccccc2OC)C(=O)OC(C)(C)C)[C@@H]1c1ccccc1. The molecule has 3 rings (SSSR count). The van der Waals surface area contributed by atoms with Crippen molar-refractivity contribution in [3.8, 4) is 5.75 Å². The molecule has 2 aromatic rings. The molecule has 172 valence electrons. The van der Waals surface area contributed by atoms with Crippen molar-refractivity contribution in [1.29, 1.82) is 0 Å². The zero-order valence-corrected chi connectivity index (χ0v) is 19.7. The third-order valence-corrected chi connectivity index (χ3v) is 5.72. The second-order valence-electron chi connectivity index (χ2n) is 9.06. The van der Waals surface area contributed by atoms with Crippen LogP contribution in [0.5, 0.6) is 5.75 Å². The zero-order chi connectivity index (χ0) is 23.3. The molecule has 0 aliphatic carbocycles. The van der Waals surface area contributed by atoms with Crippen LogP contribution in [-0.2, 0) is 16.1 Å². The molecular weight excluding hydrogens is 404 g/mol. The number of nitrogens with zero attached hydrogens (tertiary/aromatic N) is 2. The van der Waals surface area contributed by atoms with E-state index in [9.17, 15) is 9.59 Å². The van der Waals surface area contributed by atoms with Crippen molar-refractivity contribution in [2.24, 2.45) is 0 Å². The first-order valence-corrected chi connectivity index (χ1v) is 11.2. The quantitative estimate of drug-likeness (QED) is 0.623. The number of carbonyl (C=O) groups is 2. The number of amides is 2. The maximum Gasteiger partial charge on any atom is 0.410 e. The van der Waals surface area contributed by atoms with Crippen molar-refractivity contribution in [3.63, 3.8) is 0 Å². The van der Waals surface area contributed by atoms with Crippen LogP contribution in [0.4, 0.5) is 4.79 Å². The number of likely N-dealkylation sites (tertiary alicyclic amines) is 1. The lowest BCUT2D eigenvalue weighted by Gasteiger charge is -2.46. The van der Waals surface area contributed by atoms with Crippen molar-refractivity contribution < 1.29 is 19.1 Å². The van der Waals surface area contributed by atoms with Gasteiger partial charge in [-0.15, -0.1) is 0 Å². The third kappa shape index (κ3) is 5.42. The second-order valence-corrected chi connectivity index (χ2v) is 9.06. The topological polar surface area (TPSA) is 59.1 Å². The summed E-state index contributed by atoms with van der Waals surface area (Å²) in [6.45, 7) is 8.48. The molecule has 1 fully saturated rings. The lowest BCUT2D eigenvalue weighted by Crippen LogP contribution is -2.54. The van der Waals surface area contributed by atoms with E-state index in [2.05, 4.69) is 0 Å². The first kappa shape index (κ1) is 23.6. The number of ether oxygens (including phenoxy) is 2. The number of hydrogen-bond acceptors (Lipinski definition) is 4. The van der Waals surface area contributed by atoms with Crippen LogP contribution in [0.15, 0.2) is 54.6 Å². The van der Waals surface area contributed by atoms with Gasteiger partial charge in [-0.2, -0.15) is 0 Å². The van der Waals surface area contributed by atoms with Gasteiger partial charge in [0.1, 0.15) is 11.4 Å². The Labute approximate surface area is 191 Å². The number of likely N-dealkylation sites (N-methyl/N-ethyl adjacent to an activating group) is 1. The van der Waals surface area contributed by atoms with Crippen LogP contribution in [0.3, 0.4) is 0 Å². The van der Waals surface area contributed by atoms with Crippen LogP contribution in [0.1, 0.15) is 57.7 Å². The van der Waals surface area contributed by atoms with Crippen molar-refractivity contribution in [2.45, 2.75) is 64.8 Å². The van der Waals surface area contributed by atoms with Crippen LogP contribution in [0.25, 0.3) is 0 Å². The molecule has 0 bridgehead atoms. The van der Waals surface area contributed by atoms with Crippen LogP contribution in [-0.4, -0.2) is 47.1 Å². The molecular formula is C26H34N2O4. The zero-order valence-electron chi connectivity index (χ0n) is 19.7. The monoisotopic (exact) mass is 438 g/mol. The summed E-state index contributed by atoms with van der Waals surface area (Å²) in [5.74, 6) is 0.829. The Morgan fingerprint density at radius 2 is 1.75 bits per heavy atom. The maximum absolute atomic E-state index is 13.5. The molecule has 2 aromatic carbocycles. The molecule has 6 nitrogen and oxygen atoms in total. The number of hydrogen-bond donors (Lipinski definition) is 0. The van der Waals surface area contributed by atoms with E-state index < -0.39 is 5.60 Å². The highest BCUT2D eigenvalue weighted by molar-refractivity contribution is 5.78. The van der Waals surface area contributed by atoms with E-state index in [1.54, 1.807) is 12.0 Å². The average Bonchev–Trinajstić information content (AvgIpc) is 2.77. The van der Waals surface area contributed by atoms with Gasteiger partial charge in [0.05, 0.1) is 25.7 Å². The fourth-order valence-electron chi connectivity index (χ4n) is 4.34. The fraction of sp³-hybridized carbons (Fsp3) is 0.462. The van der Waals surface area contributed by atoms with Gasteiger partial charge in [0, 0.05) is 18.5 Å². The van der Waals surface area contributed by atoms with Crippen LogP contribution >= 0.6 is 0 Å². The Morgan fingerprint density at radius 1 is 1.09 bits per heavy atom. The second kappa shape index (κ2) is 10.1. The van der Waals surface area contributed by atoms with Gasteiger partial charge in [0.2, 0.25) is 5.91 Å². The molecule has 1 saturated heterocycles. The molecule has 0 aromatic heterocycles. The highest BCUT2D eigenvalue weighted by Gasteiger charge is 2.42. The molecule has 1 aliphatic heterocycles. The summed E-state index contributed by atoms with van der Waals surface area (Å²) < 4.78 is 11.4. The minimum absolute atomic E-state index is 0.110. The predicted molar refractivity (Wildman–Crippen MR) is 124 cm³/mol. The minimum atomic E-state index is -0.632. The number of piperidine rings is 1. The van der Waals surface area contributed by atoms with Crippen molar-refractivity contribution in [3.05, 3.63) is 65.7 Å². The number of rotatable bonds is 6. The summed E-state index contributed by atoms with van der Waals surface area (Å²) in [5, 5.41) is 0. The lowest BCUT2D eigenvalue weighted by molar-refractivity contribution is -0.139. The molecule has 6 heteroatoms. The van der Waals surface area contributed by atoms with Crippen LogP contribution in [0.2, 0.25) is 0 Å². The highest BCUT2D eigenvalue weighted by Crippen LogP contribution is 2.37. The first-order valence-electron chi connectivity index (χ1n) is 11.2. The molecule has 2 atom stereocenters. The van der Waals surface area contributed by atoms with Crippen molar-refractivity contribution in [2.75, 3.05) is 13.7 Å². The molecule has 1 heterocycles. The van der Waals surface area contributed by atoms with Gasteiger partial charge < -0.3 is 14.4 Å². The Hall–Kier alpha value is -3.02. The highest BCUT2D eigenvalue weighted by atomic mass is 16.6. The first-order chi connectivity index (χ1) is 15.2. The Bertz CT molecular complexity index is 923. The van der Waals surface area contributed by atoms with Gasteiger partial charge >= 0.3 is 6.09 Å². The standard InChI is InChI=1S/C26H34N2O4/c1-6-27-23(29)17-16-21(24(27)19-12-8-7-9-13-19)28(25(30)32-26(2,3)4)18-20-14-10-11-15-22(20)31-5/h7-15,21,24H,6,16-18H2,1-5H3/t21-,24-/m0/s1. The van der Waals surface area contributed by atoms with Gasteiger partial charge in [-0.3, -0.25) is 9.69 Å². The normalized spacial score (nSPS) is 18.9. The molecule has 0 N–H and O–H groups in total. The lowest BCUT2D eigenvalue weighted by atomic mass is 9.88. The van der Waals surface area contributed by atoms with E-state index >= 15 is 0 Å². The van der Waals surface area contributed by atoms with E-state index in [1.807, 2.05) is 87.2 Å². The Balaban J connectivity index is 2.06. The molecule has 2 amide bonds. The number of methoxy groups -OCH3 is 1. The molecule has 1 aliphatic rings. The van der Waals surface area contributed by atoms with E-state index in [0.29, 0.717) is 25.9 Å². The summed E-state index contributed by atoms with van der Waals surface area (Å²) in [5.41, 5.74) is 1.28. The summed E-state index contributed by atoms with van der Waals surface area (Å²) >= 11 is 0. The van der Waals surface area contributed by atoms with Gasteiger partial charge in [-0.25, -0.2) is 4.79 Å². The van der Waals surface area contributed by atoms with Gasteiger partial charge in [0.15, 0.2) is 0 Å². The summed E-state index contributed by atoms with van der Waals surface area (Å²) in [4.78, 5) is 29.9. The number of benzene rings is 2. The molecule has 0 unspecified atom stereocenters. The van der Waals surface area contributed by atoms with Crippen molar-refractivity contribution >= 4 is 12.0 Å². The smallest absolute Gasteiger partial charge is 0.410 e. The van der Waals surface area contributed by atoms with E-state index in [1.165, 1.54) is 0 Å². The Morgan fingerprint density at radius 3 is 2.38 bits per heavy atom. The Kier molecular flexibility index (Phi) is 7.44. The number of carbonyl (C=O) groups excluding carboxylic acids is 2. The van der Waals surface area contributed by atoms with Gasteiger partial charge in [-0.1, -0.05) is 48.5 Å². The predicted octanol–water partition coefficient (Wildman–Crippen LogP) is 5.18. The summed E-state index contributed by atoms with van der Waals surface area (Å²) in [6, 6.07) is 17.2. The summed E-state index contributed by atoms with van der Waals surface area (Å²) in [7, 11) is 1.63. The van der Waals surface area contributed by atoms with E-state index in [0.717, 1.165) is 16.9 Å². The summed E-state index contributed by atoms with van der Waals surface area (Å²) in [6.07, 6.45) is 0.579. The average molecular weight is 439 g/mol. The van der Waals surface area contributed by atoms with Gasteiger partial charge in [-0.05, 0) is 45.7 Å². The minimum Gasteiger partial charge on any atom is -0.496 e. The largest absolute Gasteiger partial charge is 0.496 e. The number of para-hydroxylation sites is 1. The molecule has 32 heavy (non-hydrogen) atoms.